The molecule has 2 heterocycles. The molecule has 2 unspecified atom stereocenters. The van der Waals surface area contributed by atoms with Crippen molar-refractivity contribution in [2.75, 3.05) is 6.61 Å². The Kier molecular flexibility index (Phi) is 8.48. The van der Waals surface area contributed by atoms with Gasteiger partial charge in [0.15, 0.2) is 0 Å². The van der Waals surface area contributed by atoms with Gasteiger partial charge in [0.1, 0.15) is 0 Å². The SMILES string of the molecule is Cc1cc(COCC2=NOC(Cc3ccccc3)(C(=O)NC(Cc3ccccc3)B(O)O)C2)ccn1. The first-order valence-electron chi connectivity index (χ1n) is 11.9. The Labute approximate surface area is 211 Å². The van der Waals surface area contributed by atoms with Crippen LogP contribution in [0.5, 0.6) is 0 Å². The fourth-order valence-corrected chi connectivity index (χ4v) is 4.23. The third-order valence-corrected chi connectivity index (χ3v) is 6.06. The Hall–Kier alpha value is -3.53. The van der Waals surface area contributed by atoms with Gasteiger partial charge >= 0.3 is 7.12 Å². The fraction of sp³-hybridized carbons (Fsp3) is 0.296. The highest BCUT2D eigenvalue weighted by atomic mass is 16.7. The molecule has 1 aliphatic rings. The quantitative estimate of drug-likeness (QED) is 0.358. The Morgan fingerprint density at radius 3 is 2.42 bits per heavy atom. The van der Waals surface area contributed by atoms with Crippen molar-refractivity contribution in [3.63, 3.8) is 0 Å². The van der Waals surface area contributed by atoms with E-state index in [2.05, 4.69) is 15.5 Å². The number of aromatic nitrogens is 1. The Morgan fingerprint density at radius 1 is 1.06 bits per heavy atom. The molecule has 2 aromatic carbocycles. The summed E-state index contributed by atoms with van der Waals surface area (Å²) < 4.78 is 5.83. The van der Waals surface area contributed by atoms with Crippen LogP contribution in [0.15, 0.2) is 84.1 Å². The first kappa shape index (κ1) is 25.6. The molecule has 36 heavy (non-hydrogen) atoms. The third-order valence-electron chi connectivity index (χ3n) is 6.06. The number of carbonyl (C=O) groups excluding carboxylic acids is 1. The molecule has 0 radical (unpaired) electrons. The Morgan fingerprint density at radius 2 is 1.75 bits per heavy atom. The van der Waals surface area contributed by atoms with Crippen LogP contribution in [0.3, 0.4) is 0 Å². The number of pyridine rings is 1. The van der Waals surface area contributed by atoms with Crippen LogP contribution in [0, 0.1) is 6.92 Å². The zero-order valence-corrected chi connectivity index (χ0v) is 20.2. The summed E-state index contributed by atoms with van der Waals surface area (Å²) in [5, 5.41) is 26.9. The molecule has 0 saturated heterocycles. The molecule has 3 N–H and O–H groups in total. The lowest BCUT2D eigenvalue weighted by molar-refractivity contribution is -0.144. The van der Waals surface area contributed by atoms with E-state index in [1.54, 1.807) is 6.20 Å². The normalized spacial score (nSPS) is 17.7. The van der Waals surface area contributed by atoms with E-state index in [1.165, 1.54) is 0 Å². The second-order valence-electron chi connectivity index (χ2n) is 9.06. The maximum Gasteiger partial charge on any atom is 0.475 e. The molecule has 0 aliphatic carbocycles. The van der Waals surface area contributed by atoms with Crippen LogP contribution in [-0.2, 0) is 33.8 Å². The van der Waals surface area contributed by atoms with Gasteiger partial charge in [-0.1, -0.05) is 65.8 Å². The zero-order chi connectivity index (χ0) is 25.4. The number of hydrogen-bond donors (Lipinski definition) is 3. The number of aryl methyl sites for hydroxylation is 1. The lowest BCUT2D eigenvalue weighted by atomic mass is 9.75. The van der Waals surface area contributed by atoms with Crippen LogP contribution >= 0.6 is 0 Å². The molecule has 0 bridgehead atoms. The lowest BCUT2D eigenvalue weighted by Crippen LogP contribution is -2.56. The molecule has 1 aromatic heterocycles. The molecule has 186 valence electrons. The summed E-state index contributed by atoms with van der Waals surface area (Å²) in [7, 11) is -1.74. The van der Waals surface area contributed by atoms with Crippen LogP contribution in [0.1, 0.15) is 28.8 Å². The second kappa shape index (κ2) is 11.9. The van der Waals surface area contributed by atoms with E-state index in [0.717, 1.165) is 22.4 Å². The number of oxime groups is 1. The van der Waals surface area contributed by atoms with Crippen molar-refractivity contribution in [1.82, 2.24) is 10.3 Å². The minimum absolute atomic E-state index is 0.210. The van der Waals surface area contributed by atoms with Crippen molar-refractivity contribution in [2.24, 2.45) is 5.16 Å². The summed E-state index contributed by atoms with van der Waals surface area (Å²) in [5.41, 5.74) is 2.97. The average molecular weight is 487 g/mol. The van der Waals surface area contributed by atoms with Gasteiger partial charge in [0.25, 0.3) is 5.91 Å². The number of benzene rings is 2. The molecule has 8 nitrogen and oxygen atoms in total. The van der Waals surface area contributed by atoms with Crippen molar-refractivity contribution >= 4 is 18.7 Å². The lowest BCUT2D eigenvalue weighted by Gasteiger charge is -2.28. The van der Waals surface area contributed by atoms with Gasteiger partial charge < -0.3 is 24.9 Å². The first-order valence-corrected chi connectivity index (χ1v) is 11.9. The van der Waals surface area contributed by atoms with E-state index in [1.807, 2.05) is 79.7 Å². The van der Waals surface area contributed by atoms with Crippen LogP contribution in [-0.4, -0.2) is 51.9 Å². The van der Waals surface area contributed by atoms with Gasteiger partial charge in [-0.15, -0.1) is 0 Å². The predicted molar refractivity (Wildman–Crippen MR) is 137 cm³/mol. The third kappa shape index (κ3) is 6.78. The Balaban J connectivity index is 1.45. The van der Waals surface area contributed by atoms with E-state index >= 15 is 0 Å². The van der Waals surface area contributed by atoms with Crippen molar-refractivity contribution in [1.29, 1.82) is 0 Å². The Bertz CT molecular complexity index is 1180. The molecule has 3 aromatic rings. The number of carbonyl (C=O) groups is 1. The molecule has 1 amide bonds. The van der Waals surface area contributed by atoms with Gasteiger partial charge in [0, 0.05) is 24.7 Å². The minimum atomic E-state index is -1.74. The van der Waals surface area contributed by atoms with E-state index in [-0.39, 0.29) is 25.9 Å². The molecular weight excluding hydrogens is 457 g/mol. The predicted octanol–water partition coefficient (Wildman–Crippen LogP) is 2.40. The van der Waals surface area contributed by atoms with Gasteiger partial charge in [-0.2, -0.15) is 0 Å². The summed E-state index contributed by atoms with van der Waals surface area (Å²) in [5.74, 6) is -1.37. The number of nitrogens with one attached hydrogen (secondary N) is 1. The molecule has 4 rings (SSSR count). The summed E-state index contributed by atoms with van der Waals surface area (Å²) in [6, 6.07) is 22.7. The average Bonchev–Trinajstić information content (AvgIpc) is 3.29. The summed E-state index contributed by atoms with van der Waals surface area (Å²) in [6.07, 6.45) is 2.49. The number of rotatable bonds is 11. The molecule has 0 saturated carbocycles. The largest absolute Gasteiger partial charge is 0.475 e. The van der Waals surface area contributed by atoms with E-state index < -0.39 is 24.6 Å². The smallest absolute Gasteiger partial charge is 0.426 e. The standard InChI is InChI=1S/C27H30BN3O5/c1-20-14-23(12-13-29-20)18-35-19-24-17-27(36-31-24,16-22-10-6-3-7-11-22)26(32)30-25(28(33)34)15-21-8-4-2-5-9-21/h2-14,25,33-34H,15-19H2,1H3,(H,30,32). The molecule has 9 heteroatoms. The summed E-state index contributed by atoms with van der Waals surface area (Å²) >= 11 is 0. The van der Waals surface area contributed by atoms with Gasteiger partial charge in [-0.05, 0) is 42.2 Å². The van der Waals surface area contributed by atoms with Gasteiger partial charge in [-0.25, -0.2) is 0 Å². The number of amides is 1. The summed E-state index contributed by atoms with van der Waals surface area (Å²) in [6.45, 7) is 2.51. The molecular formula is C27H30BN3O5. The van der Waals surface area contributed by atoms with Crippen molar-refractivity contribution < 1.29 is 24.4 Å². The van der Waals surface area contributed by atoms with Crippen LogP contribution < -0.4 is 5.32 Å². The van der Waals surface area contributed by atoms with Crippen LogP contribution in [0.25, 0.3) is 0 Å². The van der Waals surface area contributed by atoms with E-state index in [4.69, 9.17) is 9.57 Å². The van der Waals surface area contributed by atoms with E-state index in [9.17, 15) is 14.8 Å². The van der Waals surface area contributed by atoms with Crippen molar-refractivity contribution in [3.05, 3.63) is 101 Å². The van der Waals surface area contributed by atoms with Crippen LogP contribution in [0.2, 0.25) is 0 Å². The maximum absolute atomic E-state index is 13.6. The van der Waals surface area contributed by atoms with Crippen molar-refractivity contribution in [2.45, 2.75) is 44.3 Å². The molecule has 0 fully saturated rings. The number of hydrogen-bond acceptors (Lipinski definition) is 7. The molecule has 0 spiro atoms. The molecule has 1 aliphatic heterocycles. The van der Waals surface area contributed by atoms with Crippen LogP contribution in [0.4, 0.5) is 0 Å². The highest BCUT2D eigenvalue weighted by molar-refractivity contribution is 6.43. The minimum Gasteiger partial charge on any atom is -0.426 e. The second-order valence-corrected chi connectivity index (χ2v) is 9.06. The molecule has 2 atom stereocenters. The highest BCUT2D eigenvalue weighted by Crippen LogP contribution is 2.29. The number of ether oxygens (including phenoxy) is 1. The van der Waals surface area contributed by atoms with Gasteiger partial charge in [0.2, 0.25) is 5.60 Å². The maximum atomic E-state index is 13.6. The van der Waals surface area contributed by atoms with Gasteiger partial charge in [-0.3, -0.25) is 9.78 Å². The highest BCUT2D eigenvalue weighted by Gasteiger charge is 2.48. The monoisotopic (exact) mass is 487 g/mol. The van der Waals surface area contributed by atoms with Crippen molar-refractivity contribution in [3.8, 4) is 0 Å². The van der Waals surface area contributed by atoms with E-state index in [0.29, 0.717) is 12.3 Å². The summed E-state index contributed by atoms with van der Waals surface area (Å²) in [4.78, 5) is 23.6. The van der Waals surface area contributed by atoms with Gasteiger partial charge in [0.05, 0.1) is 24.9 Å². The number of nitrogens with zero attached hydrogens (tertiary/aromatic N) is 2. The topological polar surface area (TPSA) is 113 Å². The first-order chi connectivity index (χ1) is 17.4. The fourth-order valence-electron chi connectivity index (χ4n) is 4.23. The zero-order valence-electron chi connectivity index (χ0n) is 20.2.